The van der Waals surface area contributed by atoms with Crippen LogP contribution < -0.4 is 10.6 Å². The largest absolute Gasteiger partial charge is 0.465 e. The quantitative estimate of drug-likeness (QED) is 0.449. The van der Waals surface area contributed by atoms with Gasteiger partial charge in [0, 0.05) is 0 Å². The van der Waals surface area contributed by atoms with E-state index >= 15 is 0 Å². The lowest BCUT2D eigenvalue weighted by Crippen LogP contribution is -2.36. The molecule has 0 aromatic heterocycles. The Morgan fingerprint density at radius 1 is 1.45 bits per heavy atom. The molecule has 0 saturated carbocycles. The van der Waals surface area contributed by atoms with E-state index in [0.29, 0.717) is 18.7 Å². The van der Waals surface area contributed by atoms with Crippen molar-refractivity contribution in [1.29, 1.82) is 0 Å². The third-order valence-electron chi connectivity index (χ3n) is 2.62. The van der Waals surface area contributed by atoms with Crippen LogP contribution in [0.2, 0.25) is 0 Å². The summed E-state index contributed by atoms with van der Waals surface area (Å²) < 4.78 is 16.1. The Kier molecular flexibility index (Phi) is 7.15. The highest BCUT2D eigenvalue weighted by atomic mass is 31.1. The van der Waals surface area contributed by atoms with Gasteiger partial charge in [0.05, 0.1) is 6.61 Å². The molecule has 0 radical (unpaired) electrons. The first kappa shape index (κ1) is 16.6. The van der Waals surface area contributed by atoms with Gasteiger partial charge in [0.2, 0.25) is 0 Å². The number of hydrogen-bond acceptors (Lipinski definition) is 5. The van der Waals surface area contributed by atoms with Crippen LogP contribution in [0.1, 0.15) is 19.4 Å². The molecular formula is C13H19N2O4P. The van der Waals surface area contributed by atoms with Crippen molar-refractivity contribution in [2.75, 3.05) is 13.2 Å². The second kappa shape index (κ2) is 8.64. The summed E-state index contributed by atoms with van der Waals surface area (Å²) in [6, 6.07) is 6.49. The number of benzene rings is 1. The summed E-state index contributed by atoms with van der Waals surface area (Å²) in [6.07, 6.45) is 0.632. The number of rotatable bonds is 8. The van der Waals surface area contributed by atoms with Crippen LogP contribution in [0.15, 0.2) is 24.3 Å². The molecule has 0 aliphatic heterocycles. The van der Waals surface area contributed by atoms with E-state index in [9.17, 15) is 9.36 Å². The van der Waals surface area contributed by atoms with Gasteiger partial charge in [0.25, 0.3) is 8.61 Å². The Balaban J connectivity index is 2.83. The van der Waals surface area contributed by atoms with Gasteiger partial charge in [0.15, 0.2) is 11.8 Å². The molecule has 1 rings (SSSR count). The summed E-state index contributed by atoms with van der Waals surface area (Å²) in [5.41, 5.74) is 6.42. The SMILES string of the molecule is CCOC(=O)C(C)N(Oc1ccccc1CCN)P=O. The van der Waals surface area contributed by atoms with E-state index in [2.05, 4.69) is 0 Å². The second-order valence-corrected chi connectivity index (χ2v) is 4.61. The topological polar surface area (TPSA) is 81.9 Å². The van der Waals surface area contributed by atoms with Crippen LogP contribution in [-0.2, 0) is 20.5 Å². The first-order chi connectivity index (χ1) is 9.63. The lowest BCUT2D eigenvalue weighted by Gasteiger charge is -2.21. The molecule has 0 aliphatic carbocycles. The molecular weight excluding hydrogens is 279 g/mol. The van der Waals surface area contributed by atoms with Crippen molar-refractivity contribution in [2.45, 2.75) is 26.3 Å². The highest BCUT2D eigenvalue weighted by Gasteiger charge is 2.25. The fraction of sp³-hybridized carbons (Fsp3) is 0.462. The van der Waals surface area contributed by atoms with E-state index < -0.39 is 20.6 Å². The minimum atomic E-state index is -0.778. The van der Waals surface area contributed by atoms with E-state index in [1.54, 1.807) is 26.0 Å². The van der Waals surface area contributed by atoms with E-state index in [1.165, 1.54) is 0 Å². The summed E-state index contributed by atoms with van der Waals surface area (Å²) in [6.45, 7) is 4.01. The van der Waals surface area contributed by atoms with Crippen molar-refractivity contribution in [2.24, 2.45) is 5.73 Å². The molecule has 7 heteroatoms. The average molecular weight is 298 g/mol. The molecule has 1 aromatic rings. The predicted molar refractivity (Wildman–Crippen MR) is 75.4 cm³/mol. The highest BCUT2D eigenvalue weighted by Crippen LogP contribution is 2.23. The Hall–Kier alpha value is -1.49. The van der Waals surface area contributed by atoms with Crippen LogP contribution in [0.3, 0.4) is 0 Å². The van der Waals surface area contributed by atoms with Crippen molar-refractivity contribution in [3.8, 4) is 5.75 Å². The maximum absolute atomic E-state index is 11.6. The summed E-state index contributed by atoms with van der Waals surface area (Å²) in [5, 5.41) is 0. The number of nitrogens with zero attached hydrogens (tertiary/aromatic N) is 1. The van der Waals surface area contributed by atoms with Crippen LogP contribution in [0.4, 0.5) is 0 Å². The molecule has 0 aliphatic rings. The number of carbonyl (C=O) groups excluding carboxylic acids is 1. The number of hydrogen-bond donors (Lipinski definition) is 1. The molecule has 1 unspecified atom stereocenters. The molecule has 0 saturated heterocycles. The highest BCUT2D eigenvalue weighted by molar-refractivity contribution is 7.20. The third kappa shape index (κ3) is 4.56. The van der Waals surface area contributed by atoms with Gasteiger partial charge in [0.1, 0.15) is 0 Å². The number of hydroxylamine groups is 1. The molecule has 2 N–H and O–H groups in total. The second-order valence-electron chi connectivity index (χ2n) is 4.05. The Morgan fingerprint density at radius 2 is 2.15 bits per heavy atom. The summed E-state index contributed by atoms with van der Waals surface area (Å²) >= 11 is 0. The minimum Gasteiger partial charge on any atom is -0.465 e. The summed E-state index contributed by atoms with van der Waals surface area (Å²) in [5.74, 6) is 0.0320. The maximum Gasteiger partial charge on any atom is 0.327 e. The Bertz CT molecular complexity index is 456. The van der Waals surface area contributed by atoms with Gasteiger partial charge in [-0.3, -0.25) is 9.36 Å². The van der Waals surface area contributed by atoms with Gasteiger partial charge >= 0.3 is 5.97 Å². The van der Waals surface area contributed by atoms with Gasteiger partial charge in [-0.25, -0.2) is 0 Å². The predicted octanol–water partition coefficient (Wildman–Crippen LogP) is 1.94. The number of carbonyl (C=O) groups is 1. The van der Waals surface area contributed by atoms with Gasteiger partial charge in [-0.1, -0.05) is 18.2 Å². The van der Waals surface area contributed by atoms with Crippen molar-refractivity contribution in [1.82, 2.24) is 4.83 Å². The first-order valence-electron chi connectivity index (χ1n) is 6.39. The normalized spacial score (nSPS) is 12.4. The lowest BCUT2D eigenvalue weighted by atomic mass is 10.1. The molecule has 0 amide bonds. The molecule has 0 bridgehead atoms. The zero-order chi connectivity index (χ0) is 15.0. The monoisotopic (exact) mass is 298 g/mol. The standard InChI is InChI=1S/C13H19N2O4P/c1-3-18-13(16)10(2)15(20-17)19-12-7-5-4-6-11(12)8-9-14/h4-7,10H,3,8-9,14H2,1-2H3. The van der Waals surface area contributed by atoms with Crippen LogP contribution >= 0.6 is 8.61 Å². The summed E-state index contributed by atoms with van der Waals surface area (Å²) in [7, 11) is -0.419. The fourth-order valence-corrected chi connectivity index (χ4v) is 1.93. The van der Waals surface area contributed by atoms with Crippen LogP contribution in [0, 0.1) is 0 Å². The molecule has 0 fully saturated rings. The molecule has 1 atom stereocenters. The van der Waals surface area contributed by atoms with Crippen LogP contribution in [-0.4, -0.2) is 30.0 Å². The van der Waals surface area contributed by atoms with E-state index in [0.717, 1.165) is 10.4 Å². The van der Waals surface area contributed by atoms with Crippen molar-refractivity contribution < 1.29 is 18.9 Å². The Morgan fingerprint density at radius 3 is 2.75 bits per heavy atom. The number of ether oxygens (including phenoxy) is 1. The van der Waals surface area contributed by atoms with E-state index in [4.69, 9.17) is 15.3 Å². The minimum absolute atomic E-state index is 0.260. The zero-order valence-corrected chi connectivity index (χ0v) is 12.5. The smallest absolute Gasteiger partial charge is 0.327 e. The molecule has 110 valence electrons. The number of nitrogens with two attached hydrogens (primary N) is 1. The van der Waals surface area contributed by atoms with Gasteiger partial charge in [-0.05, 0) is 43.3 Å². The zero-order valence-electron chi connectivity index (χ0n) is 11.6. The fourth-order valence-electron chi connectivity index (χ4n) is 1.58. The molecule has 6 nitrogen and oxygen atoms in total. The first-order valence-corrected chi connectivity index (χ1v) is 7.15. The van der Waals surface area contributed by atoms with Crippen molar-refractivity contribution >= 4 is 14.6 Å². The van der Waals surface area contributed by atoms with E-state index in [-0.39, 0.29) is 6.61 Å². The van der Waals surface area contributed by atoms with Gasteiger partial charge in [-0.2, -0.15) is 0 Å². The summed E-state index contributed by atoms with van der Waals surface area (Å²) in [4.78, 5) is 18.2. The Labute approximate surface area is 120 Å². The lowest BCUT2D eigenvalue weighted by molar-refractivity contribution is -0.153. The molecule has 20 heavy (non-hydrogen) atoms. The van der Waals surface area contributed by atoms with Crippen LogP contribution in [0.5, 0.6) is 5.75 Å². The van der Waals surface area contributed by atoms with Crippen LogP contribution in [0.25, 0.3) is 0 Å². The number of para-hydroxylation sites is 1. The maximum atomic E-state index is 11.6. The van der Waals surface area contributed by atoms with Gasteiger partial charge in [-0.15, -0.1) is 0 Å². The van der Waals surface area contributed by atoms with E-state index in [1.807, 2.05) is 12.1 Å². The van der Waals surface area contributed by atoms with Crippen molar-refractivity contribution in [3.63, 3.8) is 0 Å². The molecule has 0 heterocycles. The molecule has 1 aromatic carbocycles. The van der Waals surface area contributed by atoms with Crippen molar-refractivity contribution in [3.05, 3.63) is 29.8 Å². The average Bonchev–Trinajstić information content (AvgIpc) is 2.46. The molecule has 0 spiro atoms. The number of esters is 1. The van der Waals surface area contributed by atoms with Gasteiger partial charge < -0.3 is 15.3 Å². The third-order valence-corrected chi connectivity index (χ3v) is 3.21.